The van der Waals surface area contributed by atoms with E-state index in [0.717, 1.165) is 19.6 Å². The summed E-state index contributed by atoms with van der Waals surface area (Å²) in [6.45, 7) is 6.16. The van der Waals surface area contributed by atoms with Crippen LogP contribution < -0.4 is 0 Å². The smallest absolute Gasteiger partial charge is 0.0700 e. The molecule has 2 heteroatoms. The highest BCUT2D eigenvalue weighted by Crippen LogP contribution is 2.06. The van der Waals surface area contributed by atoms with Crippen molar-refractivity contribution < 1.29 is 9.47 Å². The van der Waals surface area contributed by atoms with Gasteiger partial charge in [0.05, 0.1) is 13.2 Å². The lowest BCUT2D eigenvalue weighted by Gasteiger charge is -2.03. The lowest BCUT2D eigenvalue weighted by atomic mass is 10.1. The maximum absolute atomic E-state index is 5.37. The molecule has 85 valence electrons. The molecule has 0 N–H and O–H groups in total. The summed E-state index contributed by atoms with van der Waals surface area (Å²) in [7, 11) is 1.70. The minimum atomic E-state index is 0.712. The van der Waals surface area contributed by atoms with Crippen LogP contribution in [0.3, 0.4) is 0 Å². The number of rotatable bonds is 11. The van der Waals surface area contributed by atoms with Crippen LogP contribution in [0.1, 0.15) is 44.9 Å². The van der Waals surface area contributed by atoms with E-state index in [1.54, 1.807) is 7.11 Å². The maximum atomic E-state index is 5.37. The summed E-state index contributed by atoms with van der Waals surface area (Å²) in [6, 6.07) is 0. The van der Waals surface area contributed by atoms with Crippen molar-refractivity contribution in [2.45, 2.75) is 44.9 Å². The highest BCUT2D eigenvalue weighted by molar-refractivity contribution is 4.46. The highest BCUT2D eigenvalue weighted by atomic mass is 16.5. The zero-order valence-electron chi connectivity index (χ0n) is 9.59. The van der Waals surface area contributed by atoms with Gasteiger partial charge < -0.3 is 9.47 Å². The van der Waals surface area contributed by atoms with Crippen LogP contribution in [0.25, 0.3) is 0 Å². The minimum absolute atomic E-state index is 0.712. The number of hydrogen-bond donors (Lipinski definition) is 0. The van der Waals surface area contributed by atoms with Gasteiger partial charge in [-0.3, -0.25) is 0 Å². The molecule has 0 aromatic carbocycles. The molecule has 0 aromatic heterocycles. The Hall–Kier alpha value is -0.0800. The van der Waals surface area contributed by atoms with Crippen molar-refractivity contribution in [1.29, 1.82) is 0 Å². The first-order chi connectivity index (χ1) is 6.91. The van der Waals surface area contributed by atoms with Gasteiger partial charge in [0.2, 0.25) is 0 Å². The molecule has 0 spiro atoms. The lowest BCUT2D eigenvalue weighted by Crippen LogP contribution is -2.02. The lowest BCUT2D eigenvalue weighted by molar-refractivity contribution is 0.0685. The molecule has 2 nitrogen and oxygen atoms in total. The Labute approximate surface area is 89.0 Å². The Morgan fingerprint density at radius 3 is 2.07 bits per heavy atom. The van der Waals surface area contributed by atoms with Crippen LogP contribution in [-0.4, -0.2) is 26.9 Å². The molecular formula is C12H25O2. The van der Waals surface area contributed by atoms with Gasteiger partial charge in [-0.15, -0.1) is 0 Å². The van der Waals surface area contributed by atoms with Gasteiger partial charge in [-0.05, 0) is 6.42 Å². The Kier molecular flexibility index (Phi) is 12.8. The summed E-state index contributed by atoms with van der Waals surface area (Å²) in [5, 5.41) is 0. The number of methoxy groups -OCH3 is 1. The first kappa shape index (κ1) is 13.9. The van der Waals surface area contributed by atoms with Gasteiger partial charge in [0, 0.05) is 13.7 Å². The fraction of sp³-hybridized carbons (Fsp3) is 0.917. The zero-order valence-corrected chi connectivity index (χ0v) is 9.59. The molecule has 0 saturated carbocycles. The van der Waals surface area contributed by atoms with E-state index in [-0.39, 0.29) is 0 Å². The quantitative estimate of drug-likeness (QED) is 0.478. The topological polar surface area (TPSA) is 18.5 Å². The second-order valence-corrected chi connectivity index (χ2v) is 3.58. The van der Waals surface area contributed by atoms with E-state index in [0.29, 0.717) is 6.61 Å². The number of ether oxygens (including phenoxy) is 2. The summed E-state index contributed by atoms with van der Waals surface area (Å²) >= 11 is 0. The Morgan fingerprint density at radius 1 is 0.786 bits per heavy atom. The van der Waals surface area contributed by atoms with Crippen molar-refractivity contribution in [1.82, 2.24) is 0 Å². The predicted molar refractivity (Wildman–Crippen MR) is 60.4 cm³/mol. The fourth-order valence-corrected chi connectivity index (χ4v) is 1.33. The van der Waals surface area contributed by atoms with Crippen LogP contribution >= 0.6 is 0 Å². The van der Waals surface area contributed by atoms with Crippen molar-refractivity contribution in [2.24, 2.45) is 0 Å². The minimum Gasteiger partial charge on any atom is -0.382 e. The van der Waals surface area contributed by atoms with E-state index in [4.69, 9.17) is 9.47 Å². The van der Waals surface area contributed by atoms with Crippen molar-refractivity contribution in [2.75, 3.05) is 26.9 Å². The summed E-state index contributed by atoms with van der Waals surface area (Å²) in [6.07, 6.45) is 8.89. The van der Waals surface area contributed by atoms with Crippen molar-refractivity contribution in [3.8, 4) is 0 Å². The molecule has 0 unspecified atom stereocenters. The maximum Gasteiger partial charge on any atom is 0.0700 e. The Morgan fingerprint density at radius 2 is 1.43 bits per heavy atom. The highest BCUT2D eigenvalue weighted by Gasteiger charge is 1.91. The van der Waals surface area contributed by atoms with Crippen LogP contribution in [0.5, 0.6) is 0 Å². The molecule has 0 aliphatic heterocycles. The van der Waals surface area contributed by atoms with Gasteiger partial charge >= 0.3 is 0 Å². The van der Waals surface area contributed by atoms with E-state index < -0.39 is 0 Å². The molecule has 0 bridgehead atoms. The Balaban J connectivity index is 2.78. The van der Waals surface area contributed by atoms with Gasteiger partial charge in [-0.25, -0.2) is 0 Å². The standard InChI is InChI=1S/C12H25O2/c1-3-4-5-6-7-8-9-10-14-12-11-13-2/h1,3-12H2,2H3. The van der Waals surface area contributed by atoms with Gasteiger partial charge in [0.1, 0.15) is 0 Å². The second kappa shape index (κ2) is 12.9. The molecule has 0 aliphatic rings. The molecule has 14 heavy (non-hydrogen) atoms. The predicted octanol–water partition coefficient (Wildman–Crippen LogP) is 3.21. The van der Waals surface area contributed by atoms with Gasteiger partial charge in [0.15, 0.2) is 0 Å². The van der Waals surface area contributed by atoms with E-state index >= 15 is 0 Å². The molecule has 0 fully saturated rings. The summed E-state index contributed by atoms with van der Waals surface area (Å²) in [4.78, 5) is 0. The Bertz CT molecular complexity index is 82.3. The first-order valence-corrected chi connectivity index (χ1v) is 5.77. The molecule has 0 aromatic rings. The van der Waals surface area contributed by atoms with E-state index in [9.17, 15) is 0 Å². The van der Waals surface area contributed by atoms with Crippen LogP contribution in [0.4, 0.5) is 0 Å². The zero-order chi connectivity index (χ0) is 10.5. The number of hydrogen-bond acceptors (Lipinski definition) is 2. The molecule has 0 amide bonds. The second-order valence-electron chi connectivity index (χ2n) is 3.58. The average molecular weight is 201 g/mol. The van der Waals surface area contributed by atoms with E-state index in [2.05, 4.69) is 6.92 Å². The molecule has 0 aliphatic carbocycles. The van der Waals surface area contributed by atoms with Gasteiger partial charge in [0.25, 0.3) is 0 Å². The van der Waals surface area contributed by atoms with Crippen molar-refractivity contribution in [3.63, 3.8) is 0 Å². The number of unbranched alkanes of at least 4 members (excludes halogenated alkanes) is 6. The van der Waals surface area contributed by atoms with Gasteiger partial charge in [-0.2, -0.15) is 0 Å². The van der Waals surface area contributed by atoms with Crippen LogP contribution in [-0.2, 0) is 9.47 Å². The summed E-state index contributed by atoms with van der Waals surface area (Å²) < 4.78 is 10.2. The summed E-state index contributed by atoms with van der Waals surface area (Å²) in [5.41, 5.74) is 0. The van der Waals surface area contributed by atoms with E-state index in [1.165, 1.54) is 38.5 Å². The SMILES string of the molecule is [CH2]CCCCCCCCOCCOC. The first-order valence-electron chi connectivity index (χ1n) is 5.77. The molecule has 1 radical (unpaired) electrons. The van der Waals surface area contributed by atoms with Crippen LogP contribution in [0.15, 0.2) is 0 Å². The normalized spacial score (nSPS) is 10.7. The molecule has 0 heterocycles. The average Bonchev–Trinajstić information content (AvgIpc) is 2.21. The van der Waals surface area contributed by atoms with Crippen LogP contribution in [0.2, 0.25) is 0 Å². The largest absolute Gasteiger partial charge is 0.382 e. The third kappa shape index (κ3) is 11.9. The monoisotopic (exact) mass is 201 g/mol. The molecule has 0 atom stereocenters. The molecule has 0 rings (SSSR count). The van der Waals surface area contributed by atoms with Crippen molar-refractivity contribution >= 4 is 0 Å². The molecule has 0 saturated heterocycles. The fourth-order valence-electron chi connectivity index (χ4n) is 1.33. The third-order valence-corrected chi connectivity index (χ3v) is 2.22. The summed E-state index contributed by atoms with van der Waals surface area (Å²) in [5.74, 6) is 0. The van der Waals surface area contributed by atoms with Crippen LogP contribution in [0, 0.1) is 6.92 Å². The third-order valence-electron chi connectivity index (χ3n) is 2.22. The van der Waals surface area contributed by atoms with Gasteiger partial charge in [-0.1, -0.05) is 45.4 Å². The molecular weight excluding hydrogens is 176 g/mol. The van der Waals surface area contributed by atoms with E-state index in [1.807, 2.05) is 0 Å². The van der Waals surface area contributed by atoms with Crippen molar-refractivity contribution in [3.05, 3.63) is 6.92 Å².